The summed E-state index contributed by atoms with van der Waals surface area (Å²) in [4.78, 5) is 5.72. The Bertz CT molecular complexity index is 171. The van der Waals surface area contributed by atoms with E-state index in [0.717, 1.165) is 0 Å². The molecule has 0 aliphatic heterocycles. The zero-order chi connectivity index (χ0) is 9.07. The Kier molecular flexibility index (Phi) is 3.26. The van der Waals surface area contributed by atoms with Gasteiger partial charge in [0.15, 0.2) is 0 Å². The van der Waals surface area contributed by atoms with E-state index in [2.05, 4.69) is 11.6 Å². The summed E-state index contributed by atoms with van der Waals surface area (Å²) in [5, 5.41) is 9.66. The van der Waals surface area contributed by atoms with Gasteiger partial charge in [-0.1, -0.05) is 12.7 Å². The minimum Gasteiger partial charge on any atom is -0.378 e. The van der Waals surface area contributed by atoms with Crippen LogP contribution < -0.4 is 0 Å². The monoisotopic (exact) mass is 156 g/mol. The Balaban J connectivity index is 4.65. The number of hydrogen-bond donors (Lipinski definition) is 1. The molecule has 0 aromatic carbocycles. The van der Waals surface area contributed by atoms with E-state index in [-0.39, 0.29) is 0 Å². The van der Waals surface area contributed by atoms with Crippen LogP contribution in [0.25, 0.3) is 0 Å². The van der Waals surface area contributed by atoms with Crippen LogP contribution in [0.5, 0.6) is 0 Å². The Morgan fingerprint density at radius 1 is 1.64 bits per heavy atom. The van der Waals surface area contributed by atoms with Crippen LogP contribution in [0.2, 0.25) is 0 Å². The topological polar surface area (TPSA) is 35.8 Å². The third kappa shape index (κ3) is 2.35. The van der Waals surface area contributed by atoms with Crippen LogP contribution in [0.4, 0.5) is 0 Å². The zero-order valence-electron chi connectivity index (χ0n) is 7.63. The van der Waals surface area contributed by atoms with Crippen LogP contribution in [0.15, 0.2) is 17.6 Å². The van der Waals surface area contributed by atoms with E-state index in [9.17, 15) is 5.11 Å². The molecule has 0 aliphatic carbocycles. The van der Waals surface area contributed by atoms with E-state index in [4.69, 9.17) is 0 Å². The predicted molar refractivity (Wildman–Crippen MR) is 47.9 cm³/mol. The lowest BCUT2D eigenvalue weighted by Crippen LogP contribution is -2.42. The fourth-order valence-electron chi connectivity index (χ4n) is 0.970. The zero-order valence-corrected chi connectivity index (χ0v) is 7.63. The van der Waals surface area contributed by atoms with Gasteiger partial charge in [0.25, 0.3) is 0 Å². The Hall–Kier alpha value is -0.830. The van der Waals surface area contributed by atoms with Crippen LogP contribution in [-0.2, 0) is 0 Å². The summed E-state index contributed by atoms with van der Waals surface area (Å²) in [6, 6.07) is 0. The van der Waals surface area contributed by atoms with Crippen molar-refractivity contribution < 1.29 is 5.11 Å². The number of rotatable bonds is 2. The molecular weight excluding hydrogens is 140 g/mol. The molecule has 1 N–H and O–H groups in total. The highest BCUT2D eigenvalue weighted by atomic mass is 16.3. The van der Waals surface area contributed by atoms with Crippen molar-refractivity contribution in [2.45, 2.75) is 12.5 Å². The fraction of sp³-hybridized carbons (Fsp3) is 0.625. The van der Waals surface area contributed by atoms with Gasteiger partial charge in [-0.25, -0.2) is 0 Å². The second-order valence-corrected chi connectivity index (χ2v) is 2.79. The maximum atomic E-state index is 9.66. The van der Waals surface area contributed by atoms with Crippen molar-refractivity contribution in [3.8, 4) is 0 Å². The first-order chi connectivity index (χ1) is 4.95. The van der Waals surface area contributed by atoms with Gasteiger partial charge in [-0.15, -0.1) is 0 Å². The highest BCUT2D eigenvalue weighted by molar-refractivity contribution is 5.91. The summed E-state index contributed by atoms with van der Waals surface area (Å²) in [6.07, 6.45) is 1.47. The van der Waals surface area contributed by atoms with Crippen molar-refractivity contribution in [3.63, 3.8) is 0 Å². The maximum absolute atomic E-state index is 9.66. The molecule has 64 valence electrons. The van der Waals surface area contributed by atoms with Crippen LogP contribution >= 0.6 is 0 Å². The fourth-order valence-corrected chi connectivity index (χ4v) is 0.970. The lowest BCUT2D eigenvalue weighted by atomic mass is 10.1. The Morgan fingerprint density at radius 3 is 2.18 bits per heavy atom. The SMILES string of the molecule is C=CC(C)(O)C(=NC)N(C)C. The van der Waals surface area contributed by atoms with Crippen LogP contribution in [-0.4, -0.2) is 42.6 Å². The van der Waals surface area contributed by atoms with E-state index >= 15 is 0 Å². The molecule has 0 bridgehead atoms. The molecule has 0 saturated heterocycles. The average molecular weight is 156 g/mol. The van der Waals surface area contributed by atoms with Crippen molar-refractivity contribution in [1.29, 1.82) is 0 Å². The highest BCUT2D eigenvalue weighted by Gasteiger charge is 2.24. The first-order valence-electron chi connectivity index (χ1n) is 3.46. The summed E-state index contributed by atoms with van der Waals surface area (Å²) >= 11 is 0. The van der Waals surface area contributed by atoms with Gasteiger partial charge in [-0.2, -0.15) is 0 Å². The van der Waals surface area contributed by atoms with Gasteiger partial charge >= 0.3 is 0 Å². The minimum absolute atomic E-state index is 0.604. The molecule has 0 saturated carbocycles. The van der Waals surface area contributed by atoms with Gasteiger partial charge in [-0.3, -0.25) is 4.99 Å². The average Bonchev–Trinajstić information content (AvgIpc) is 1.88. The smallest absolute Gasteiger partial charge is 0.136 e. The molecule has 0 aromatic heterocycles. The molecule has 0 amide bonds. The molecule has 0 fully saturated rings. The molecule has 3 heteroatoms. The predicted octanol–water partition coefficient (Wildman–Crippen LogP) is 0.513. The molecule has 11 heavy (non-hydrogen) atoms. The third-order valence-corrected chi connectivity index (χ3v) is 1.49. The van der Waals surface area contributed by atoms with Gasteiger partial charge in [0.1, 0.15) is 11.4 Å². The largest absolute Gasteiger partial charge is 0.378 e. The van der Waals surface area contributed by atoms with E-state index in [1.807, 2.05) is 14.1 Å². The van der Waals surface area contributed by atoms with Gasteiger partial charge in [-0.05, 0) is 6.92 Å². The number of likely N-dealkylation sites (N-methyl/N-ethyl adjacent to an activating group) is 1. The number of amidine groups is 1. The van der Waals surface area contributed by atoms with Gasteiger partial charge in [0.2, 0.25) is 0 Å². The summed E-state index contributed by atoms with van der Waals surface area (Å²) in [6.45, 7) is 5.18. The molecule has 1 atom stereocenters. The van der Waals surface area contributed by atoms with E-state index in [1.54, 1.807) is 18.9 Å². The molecular formula is C8H16N2O. The van der Waals surface area contributed by atoms with Gasteiger partial charge in [0, 0.05) is 21.1 Å². The molecule has 0 rings (SSSR count). The summed E-state index contributed by atoms with van der Waals surface area (Å²) in [5.41, 5.74) is -1.03. The van der Waals surface area contributed by atoms with Crippen LogP contribution in [0.1, 0.15) is 6.92 Å². The lowest BCUT2D eigenvalue weighted by Gasteiger charge is -2.26. The molecule has 3 nitrogen and oxygen atoms in total. The highest BCUT2D eigenvalue weighted by Crippen LogP contribution is 2.08. The Morgan fingerprint density at radius 2 is 2.09 bits per heavy atom. The molecule has 1 unspecified atom stereocenters. The number of hydrogen-bond acceptors (Lipinski definition) is 2. The van der Waals surface area contributed by atoms with Crippen molar-refractivity contribution in [1.82, 2.24) is 4.90 Å². The number of aliphatic imine (C=N–C) groups is 1. The van der Waals surface area contributed by atoms with Crippen molar-refractivity contribution in [2.75, 3.05) is 21.1 Å². The molecule has 0 spiro atoms. The van der Waals surface area contributed by atoms with Crippen molar-refractivity contribution in [3.05, 3.63) is 12.7 Å². The normalized spacial score (nSPS) is 17.4. The maximum Gasteiger partial charge on any atom is 0.136 e. The van der Waals surface area contributed by atoms with Crippen molar-refractivity contribution in [2.24, 2.45) is 4.99 Å². The number of aliphatic hydroxyl groups is 1. The van der Waals surface area contributed by atoms with E-state index in [1.165, 1.54) is 6.08 Å². The minimum atomic E-state index is -1.03. The first kappa shape index (κ1) is 10.2. The van der Waals surface area contributed by atoms with Gasteiger partial charge < -0.3 is 10.0 Å². The summed E-state index contributed by atoms with van der Waals surface area (Å²) in [7, 11) is 5.31. The standard InChI is InChI=1S/C8H16N2O/c1-6-8(2,11)7(9-3)10(4)5/h6,11H,1H2,2-5H3. The second-order valence-electron chi connectivity index (χ2n) is 2.79. The van der Waals surface area contributed by atoms with E-state index < -0.39 is 5.60 Å². The molecule has 0 heterocycles. The number of nitrogens with zero attached hydrogens (tertiary/aromatic N) is 2. The first-order valence-corrected chi connectivity index (χ1v) is 3.46. The van der Waals surface area contributed by atoms with Gasteiger partial charge in [0.05, 0.1) is 0 Å². The summed E-state index contributed by atoms with van der Waals surface area (Å²) < 4.78 is 0. The van der Waals surface area contributed by atoms with Crippen LogP contribution in [0.3, 0.4) is 0 Å². The Labute approximate surface area is 68.1 Å². The lowest BCUT2D eigenvalue weighted by molar-refractivity contribution is 0.171. The molecule has 0 aliphatic rings. The molecule has 0 aromatic rings. The van der Waals surface area contributed by atoms with Crippen LogP contribution in [0, 0.1) is 0 Å². The molecule has 0 radical (unpaired) electrons. The van der Waals surface area contributed by atoms with Crippen molar-refractivity contribution >= 4 is 5.84 Å². The third-order valence-electron chi connectivity index (χ3n) is 1.49. The second kappa shape index (κ2) is 3.53. The quantitative estimate of drug-likeness (QED) is 0.359. The summed E-state index contributed by atoms with van der Waals surface area (Å²) in [5.74, 6) is 0.604. The van der Waals surface area contributed by atoms with E-state index in [0.29, 0.717) is 5.84 Å².